The maximum Gasteiger partial charge on any atom is 0.283 e. The van der Waals surface area contributed by atoms with Gasteiger partial charge >= 0.3 is 0 Å². The minimum Gasteiger partial charge on any atom is -0.267 e. The van der Waals surface area contributed by atoms with Crippen molar-refractivity contribution in [3.05, 3.63) is 83.0 Å². The van der Waals surface area contributed by atoms with Gasteiger partial charge in [0.2, 0.25) is 0 Å². The molecule has 1 N–H and O–H groups in total. The average Bonchev–Trinajstić information content (AvgIpc) is 3.16. The number of fused-ring (bicyclic) bond motifs is 1. The summed E-state index contributed by atoms with van der Waals surface area (Å²) in [5.41, 5.74) is 4.92. The predicted molar refractivity (Wildman–Crippen MR) is 112 cm³/mol. The van der Waals surface area contributed by atoms with E-state index in [1.54, 1.807) is 16.8 Å². The minimum atomic E-state index is -0.393. The third-order valence-electron chi connectivity index (χ3n) is 4.60. The molecule has 2 aromatic heterocycles. The van der Waals surface area contributed by atoms with Crippen molar-refractivity contribution in [1.29, 1.82) is 0 Å². The van der Waals surface area contributed by atoms with Gasteiger partial charge in [0.15, 0.2) is 5.65 Å². The molecule has 0 radical (unpaired) electrons. The first-order valence-corrected chi connectivity index (χ1v) is 9.27. The van der Waals surface area contributed by atoms with Crippen LogP contribution in [0.15, 0.2) is 71.9 Å². The van der Waals surface area contributed by atoms with Crippen LogP contribution in [0.4, 0.5) is 0 Å². The predicted octanol–water partition coefficient (Wildman–Crippen LogP) is 3.40. The highest BCUT2D eigenvalue weighted by Crippen LogP contribution is 2.20. The number of carbonyl (C=O) groups is 1. The highest BCUT2D eigenvalue weighted by molar-refractivity contribution is 6.00. The van der Waals surface area contributed by atoms with E-state index < -0.39 is 5.91 Å². The lowest BCUT2D eigenvalue weighted by atomic mass is 10.0. The van der Waals surface area contributed by atoms with Crippen molar-refractivity contribution < 1.29 is 4.79 Å². The third-order valence-corrected chi connectivity index (χ3v) is 4.60. The Hall–Kier alpha value is -3.74. The summed E-state index contributed by atoms with van der Waals surface area (Å²) in [6, 6.07) is 17.1. The standard InChI is InChI=1S/C22H21N5O2/c1-22(2,3)27-19-18(13-24-27)21(29)26(14-23-19)25-20(28)17-11-9-16(10-12-17)15-7-5-4-6-8-15/h4-14H,1-3H3,(H,25,28). The molecule has 4 aromatic rings. The highest BCUT2D eigenvalue weighted by atomic mass is 16.2. The zero-order valence-corrected chi connectivity index (χ0v) is 16.5. The molecule has 29 heavy (non-hydrogen) atoms. The van der Waals surface area contributed by atoms with E-state index in [0.29, 0.717) is 16.6 Å². The maximum atomic E-state index is 12.7. The molecule has 0 aliphatic rings. The fourth-order valence-electron chi connectivity index (χ4n) is 3.10. The van der Waals surface area contributed by atoms with E-state index in [-0.39, 0.29) is 11.1 Å². The summed E-state index contributed by atoms with van der Waals surface area (Å²) in [6.45, 7) is 5.94. The van der Waals surface area contributed by atoms with Crippen LogP contribution < -0.4 is 11.0 Å². The molecule has 0 unspecified atom stereocenters. The lowest BCUT2D eigenvalue weighted by molar-refractivity contribution is 0.101. The Labute approximate surface area is 167 Å². The van der Waals surface area contributed by atoms with Crippen LogP contribution in [0.5, 0.6) is 0 Å². The first-order chi connectivity index (χ1) is 13.8. The normalized spacial score (nSPS) is 11.6. The Balaban J connectivity index is 1.59. The molecule has 0 fully saturated rings. The molecular formula is C22H21N5O2. The van der Waals surface area contributed by atoms with Gasteiger partial charge in [-0.1, -0.05) is 42.5 Å². The van der Waals surface area contributed by atoms with Crippen LogP contribution in [0.3, 0.4) is 0 Å². The zero-order chi connectivity index (χ0) is 20.6. The van der Waals surface area contributed by atoms with Gasteiger partial charge in [-0.05, 0) is 44.0 Å². The van der Waals surface area contributed by atoms with Gasteiger partial charge in [0.25, 0.3) is 11.5 Å². The molecule has 7 heteroatoms. The molecule has 146 valence electrons. The largest absolute Gasteiger partial charge is 0.283 e. The number of nitrogens with one attached hydrogen (secondary N) is 1. The van der Waals surface area contributed by atoms with E-state index in [1.807, 2.05) is 63.2 Å². The Morgan fingerprint density at radius 1 is 0.966 bits per heavy atom. The van der Waals surface area contributed by atoms with Crippen molar-refractivity contribution in [2.75, 3.05) is 5.43 Å². The van der Waals surface area contributed by atoms with Crippen LogP contribution in [-0.4, -0.2) is 25.3 Å². The molecule has 2 heterocycles. The fourth-order valence-corrected chi connectivity index (χ4v) is 3.10. The van der Waals surface area contributed by atoms with E-state index in [0.717, 1.165) is 15.8 Å². The van der Waals surface area contributed by atoms with Crippen LogP contribution >= 0.6 is 0 Å². The third kappa shape index (κ3) is 3.54. The molecule has 0 bridgehead atoms. The van der Waals surface area contributed by atoms with Crippen LogP contribution in [0.2, 0.25) is 0 Å². The van der Waals surface area contributed by atoms with Gasteiger partial charge in [0, 0.05) is 5.56 Å². The van der Waals surface area contributed by atoms with Gasteiger partial charge in [-0.15, -0.1) is 0 Å². The first kappa shape index (κ1) is 18.6. The van der Waals surface area contributed by atoms with Crippen LogP contribution in [-0.2, 0) is 5.54 Å². The summed E-state index contributed by atoms with van der Waals surface area (Å²) in [7, 11) is 0. The monoisotopic (exact) mass is 387 g/mol. The van der Waals surface area contributed by atoms with Crippen molar-refractivity contribution in [2.24, 2.45) is 0 Å². The number of carbonyl (C=O) groups excluding carboxylic acids is 1. The van der Waals surface area contributed by atoms with E-state index in [9.17, 15) is 9.59 Å². The molecule has 0 spiro atoms. The number of amides is 1. The first-order valence-electron chi connectivity index (χ1n) is 9.27. The van der Waals surface area contributed by atoms with Gasteiger partial charge < -0.3 is 0 Å². The minimum absolute atomic E-state index is 0.308. The second kappa shape index (κ2) is 7.01. The number of rotatable bonds is 3. The van der Waals surface area contributed by atoms with Gasteiger partial charge in [0.1, 0.15) is 11.7 Å². The molecule has 0 saturated carbocycles. The molecule has 0 aliphatic carbocycles. The lowest BCUT2D eigenvalue weighted by Gasteiger charge is -2.19. The number of benzene rings is 2. The Bertz CT molecular complexity index is 1230. The number of hydrogen-bond donors (Lipinski definition) is 1. The second-order valence-electron chi connectivity index (χ2n) is 7.77. The van der Waals surface area contributed by atoms with E-state index in [2.05, 4.69) is 15.5 Å². The maximum absolute atomic E-state index is 12.7. The number of hydrogen-bond acceptors (Lipinski definition) is 4. The average molecular weight is 387 g/mol. The molecule has 0 atom stereocenters. The van der Waals surface area contributed by atoms with Crippen LogP contribution in [0, 0.1) is 0 Å². The van der Waals surface area contributed by atoms with E-state index >= 15 is 0 Å². The highest BCUT2D eigenvalue weighted by Gasteiger charge is 2.20. The number of nitrogens with zero attached hydrogens (tertiary/aromatic N) is 4. The Kier molecular flexibility index (Phi) is 4.50. The van der Waals surface area contributed by atoms with Crippen molar-refractivity contribution in [3.63, 3.8) is 0 Å². The number of aromatic nitrogens is 4. The topological polar surface area (TPSA) is 81.8 Å². The van der Waals surface area contributed by atoms with Gasteiger partial charge in [0.05, 0.1) is 11.7 Å². The fraction of sp³-hybridized carbons (Fsp3) is 0.182. The molecular weight excluding hydrogens is 366 g/mol. The summed E-state index contributed by atoms with van der Waals surface area (Å²) in [4.78, 5) is 29.6. The van der Waals surface area contributed by atoms with Crippen LogP contribution in [0.25, 0.3) is 22.2 Å². The molecule has 7 nitrogen and oxygen atoms in total. The summed E-state index contributed by atoms with van der Waals surface area (Å²) in [6.07, 6.45) is 2.79. The summed E-state index contributed by atoms with van der Waals surface area (Å²) in [5, 5.41) is 4.62. The second-order valence-corrected chi connectivity index (χ2v) is 7.77. The Morgan fingerprint density at radius 2 is 1.62 bits per heavy atom. The molecule has 1 amide bonds. The SMILES string of the molecule is CC(C)(C)n1ncc2c(=O)n(NC(=O)c3ccc(-c4ccccc4)cc3)cnc21. The zero-order valence-electron chi connectivity index (χ0n) is 16.5. The van der Waals surface area contributed by atoms with Gasteiger partial charge in [-0.2, -0.15) is 5.10 Å². The van der Waals surface area contributed by atoms with Crippen molar-refractivity contribution >= 4 is 16.9 Å². The lowest BCUT2D eigenvalue weighted by Crippen LogP contribution is -2.33. The van der Waals surface area contributed by atoms with Gasteiger partial charge in [-0.25, -0.2) is 14.3 Å². The van der Waals surface area contributed by atoms with E-state index in [1.165, 1.54) is 12.5 Å². The molecule has 0 saturated heterocycles. The van der Waals surface area contributed by atoms with E-state index in [4.69, 9.17) is 0 Å². The van der Waals surface area contributed by atoms with Crippen molar-refractivity contribution in [2.45, 2.75) is 26.3 Å². The molecule has 0 aliphatic heterocycles. The Morgan fingerprint density at radius 3 is 2.28 bits per heavy atom. The van der Waals surface area contributed by atoms with Gasteiger partial charge in [-0.3, -0.25) is 15.0 Å². The summed E-state index contributed by atoms with van der Waals surface area (Å²) in [5.74, 6) is -0.393. The van der Waals surface area contributed by atoms with Crippen molar-refractivity contribution in [1.82, 2.24) is 19.4 Å². The quantitative estimate of drug-likeness (QED) is 0.584. The van der Waals surface area contributed by atoms with Crippen molar-refractivity contribution in [3.8, 4) is 11.1 Å². The molecule has 2 aromatic carbocycles. The smallest absolute Gasteiger partial charge is 0.267 e. The summed E-state index contributed by atoms with van der Waals surface area (Å²) >= 11 is 0. The van der Waals surface area contributed by atoms with Crippen LogP contribution in [0.1, 0.15) is 31.1 Å². The molecule has 4 rings (SSSR count). The summed E-state index contributed by atoms with van der Waals surface area (Å²) < 4.78 is 2.78.